The number of carbonyl (C=O) groups excluding carboxylic acids is 4. The lowest BCUT2D eigenvalue weighted by molar-refractivity contribution is -0.162. The van der Waals surface area contributed by atoms with Crippen LogP contribution in [0.1, 0.15) is 30.1 Å². The summed E-state index contributed by atoms with van der Waals surface area (Å²) in [6, 6.07) is 22.5. The zero-order chi connectivity index (χ0) is 37.1. The van der Waals surface area contributed by atoms with Crippen molar-refractivity contribution in [1.82, 2.24) is 10.2 Å². The zero-order valence-electron chi connectivity index (χ0n) is 29.3. The van der Waals surface area contributed by atoms with E-state index in [4.69, 9.17) is 25.8 Å². The average molecular weight is 740 g/mol. The van der Waals surface area contributed by atoms with Crippen LogP contribution in [0.5, 0.6) is 0 Å². The topological polar surface area (TPSA) is 135 Å². The van der Waals surface area contributed by atoms with Crippen LogP contribution in [0.15, 0.2) is 109 Å². The first-order chi connectivity index (χ1) is 25.8. The van der Waals surface area contributed by atoms with E-state index in [1.54, 1.807) is 65.6 Å². The lowest BCUT2D eigenvalue weighted by Gasteiger charge is -2.38. The molecule has 0 aromatic heterocycles. The van der Waals surface area contributed by atoms with Gasteiger partial charge in [0, 0.05) is 30.8 Å². The number of hydrogen-bond acceptors (Lipinski definition) is 8. The minimum atomic E-state index is -1.60. The molecule has 4 aliphatic rings. The smallest absolute Gasteiger partial charge is 0.313 e. The summed E-state index contributed by atoms with van der Waals surface area (Å²) in [5, 5.41) is 14.4. The maximum atomic E-state index is 15.1. The Hall–Kier alpha value is -4.81. The number of hydrogen-bond donors (Lipinski definition) is 2. The Labute approximate surface area is 313 Å². The average Bonchev–Trinajstić information content (AvgIpc) is 3.56. The summed E-state index contributed by atoms with van der Waals surface area (Å²) in [4.78, 5) is 60.9. The molecule has 7 rings (SSSR count). The Morgan fingerprint density at radius 3 is 2.38 bits per heavy atom. The molecule has 4 aliphatic heterocycles. The summed E-state index contributed by atoms with van der Waals surface area (Å²) in [5.41, 5.74) is 0.460. The first kappa shape index (κ1) is 36.5. The summed E-state index contributed by atoms with van der Waals surface area (Å²) in [6.45, 7) is -0.223. The molecule has 11 nitrogen and oxygen atoms in total. The monoisotopic (exact) mass is 739 g/mol. The number of carbonyl (C=O) groups is 4. The van der Waals surface area contributed by atoms with Crippen LogP contribution in [0.4, 0.5) is 5.69 Å². The van der Waals surface area contributed by atoms with E-state index < -0.39 is 72.2 Å². The molecule has 2 N–H and O–H groups in total. The highest BCUT2D eigenvalue weighted by atomic mass is 35.5. The fraction of sp³-hybridized carbons (Fsp3) is 0.366. The van der Waals surface area contributed by atoms with Gasteiger partial charge >= 0.3 is 5.97 Å². The second-order valence-corrected chi connectivity index (χ2v) is 14.2. The Morgan fingerprint density at radius 2 is 1.68 bits per heavy atom. The molecule has 0 saturated carbocycles. The van der Waals surface area contributed by atoms with Gasteiger partial charge < -0.3 is 34.4 Å². The normalized spacial score (nSPS) is 29.9. The Kier molecular flexibility index (Phi) is 10.8. The van der Waals surface area contributed by atoms with Crippen LogP contribution >= 0.6 is 11.6 Å². The molecule has 2 saturated heterocycles. The standard InChI is InChI=1S/C41H42ClN3O8/c1-51-25-31-36(27-13-6-3-7-14-27)52-40(50)34-32(15-8-9-16-33(47)43-31)53-41-21-10-22-44(29-19-17-28(42)18-20-29)39(49)37(41)45(38(48)35(34)41)30(24-46)23-26-11-4-2-5-12-26/h2-8,10-15,17-21,30-32,34-37,46H,9,16,22-25H2,1H3,(H,43,47)/b15-8-/t30-,31+,32+,34-,35-,36+,37+,41-/m1/s1. The number of ether oxygens (including phenoxy) is 3. The number of benzene rings is 3. The van der Waals surface area contributed by atoms with Crippen LogP contribution in [0, 0.1) is 11.8 Å². The number of nitrogens with one attached hydrogen (secondary N) is 1. The number of anilines is 1. The SMILES string of the molecule is COC[C@@H]1NC(=O)CC/C=C\[C@@H]2O[C@@]34C=CCN(c5ccc(Cl)cc5)C(=O)[C@@H]3N([C@@H](CO)Cc3ccccc3)C(=O)[C@H]4[C@@H]2C(=O)O[C@H]1c1ccccc1. The minimum Gasteiger partial charge on any atom is -0.455 e. The van der Waals surface area contributed by atoms with Crippen LogP contribution in [-0.4, -0.2) is 90.4 Å². The van der Waals surface area contributed by atoms with Crippen LogP contribution < -0.4 is 10.2 Å². The van der Waals surface area contributed by atoms with E-state index >= 15 is 4.79 Å². The van der Waals surface area contributed by atoms with E-state index in [-0.39, 0.29) is 31.9 Å². The lowest BCUT2D eigenvalue weighted by Crippen LogP contribution is -2.58. The second kappa shape index (κ2) is 15.7. The quantitative estimate of drug-likeness (QED) is 0.260. The number of nitrogens with zero attached hydrogens (tertiary/aromatic N) is 2. The van der Waals surface area contributed by atoms with Crippen molar-refractivity contribution in [2.24, 2.45) is 11.8 Å². The van der Waals surface area contributed by atoms with Gasteiger partial charge in [0.25, 0.3) is 5.91 Å². The van der Waals surface area contributed by atoms with Gasteiger partial charge in [0.2, 0.25) is 11.8 Å². The molecule has 53 heavy (non-hydrogen) atoms. The van der Waals surface area contributed by atoms with Crippen molar-refractivity contribution in [3.05, 3.63) is 125 Å². The Balaban J connectivity index is 1.35. The van der Waals surface area contributed by atoms with Gasteiger partial charge in [-0.05, 0) is 48.2 Å². The van der Waals surface area contributed by atoms with Gasteiger partial charge in [-0.15, -0.1) is 0 Å². The van der Waals surface area contributed by atoms with Crippen molar-refractivity contribution in [2.75, 3.05) is 31.8 Å². The molecule has 0 aliphatic carbocycles. The molecule has 276 valence electrons. The molecular weight excluding hydrogens is 698 g/mol. The molecule has 3 aromatic carbocycles. The van der Waals surface area contributed by atoms with Crippen molar-refractivity contribution in [1.29, 1.82) is 0 Å². The fourth-order valence-corrected chi connectivity index (χ4v) is 8.34. The molecule has 8 atom stereocenters. The van der Waals surface area contributed by atoms with Gasteiger partial charge in [0.05, 0.1) is 37.3 Å². The van der Waals surface area contributed by atoms with Gasteiger partial charge in [0.1, 0.15) is 23.7 Å². The minimum absolute atomic E-state index is 0.0522. The third kappa shape index (κ3) is 7.02. The Morgan fingerprint density at radius 1 is 0.962 bits per heavy atom. The summed E-state index contributed by atoms with van der Waals surface area (Å²) in [5.74, 6) is -4.24. The molecule has 4 heterocycles. The lowest BCUT2D eigenvalue weighted by atomic mass is 9.77. The van der Waals surface area contributed by atoms with Crippen LogP contribution in [0.3, 0.4) is 0 Å². The molecule has 1 spiro atoms. The van der Waals surface area contributed by atoms with E-state index in [1.165, 1.54) is 12.0 Å². The van der Waals surface area contributed by atoms with Gasteiger partial charge in [-0.2, -0.15) is 0 Å². The molecule has 0 unspecified atom stereocenters. The largest absolute Gasteiger partial charge is 0.455 e. The number of fused-ring (bicyclic) bond motifs is 2. The van der Waals surface area contributed by atoms with Crippen molar-refractivity contribution >= 4 is 41.0 Å². The number of allylic oxidation sites excluding steroid dienone is 1. The highest BCUT2D eigenvalue weighted by Crippen LogP contribution is 2.54. The molecular formula is C41H42ClN3O8. The van der Waals surface area contributed by atoms with Crippen molar-refractivity contribution in [3.63, 3.8) is 0 Å². The summed E-state index contributed by atoms with van der Waals surface area (Å²) < 4.78 is 18.7. The van der Waals surface area contributed by atoms with Crippen molar-refractivity contribution < 1.29 is 38.5 Å². The predicted octanol–water partition coefficient (Wildman–Crippen LogP) is 4.19. The van der Waals surface area contributed by atoms with E-state index in [0.29, 0.717) is 22.7 Å². The van der Waals surface area contributed by atoms with Crippen LogP contribution in [-0.2, 0) is 39.8 Å². The van der Waals surface area contributed by atoms with E-state index in [2.05, 4.69) is 5.32 Å². The third-order valence-electron chi connectivity index (χ3n) is 10.6. The number of aliphatic hydroxyl groups excluding tert-OH is 1. The maximum Gasteiger partial charge on any atom is 0.313 e. The van der Waals surface area contributed by atoms with Gasteiger partial charge in [-0.25, -0.2) is 0 Å². The summed E-state index contributed by atoms with van der Waals surface area (Å²) in [6.07, 6.45) is 5.79. The number of methoxy groups -OCH3 is 1. The van der Waals surface area contributed by atoms with Crippen molar-refractivity contribution in [3.8, 4) is 0 Å². The molecule has 3 amide bonds. The number of amides is 3. The van der Waals surface area contributed by atoms with E-state index in [1.807, 2.05) is 48.5 Å². The first-order valence-corrected chi connectivity index (χ1v) is 18.2. The zero-order valence-corrected chi connectivity index (χ0v) is 30.0. The number of aliphatic hydroxyl groups is 1. The number of esters is 1. The molecule has 0 bridgehead atoms. The van der Waals surface area contributed by atoms with Gasteiger partial charge in [-0.3, -0.25) is 19.2 Å². The molecule has 0 radical (unpaired) electrons. The maximum absolute atomic E-state index is 15.1. The van der Waals surface area contributed by atoms with Crippen molar-refractivity contribution in [2.45, 2.75) is 55.2 Å². The van der Waals surface area contributed by atoms with E-state index in [9.17, 15) is 19.5 Å². The first-order valence-electron chi connectivity index (χ1n) is 17.9. The van der Waals surface area contributed by atoms with Gasteiger partial charge in [0.15, 0.2) is 0 Å². The number of likely N-dealkylation sites (tertiary alicyclic amines) is 1. The van der Waals surface area contributed by atoms with Crippen LogP contribution in [0.25, 0.3) is 0 Å². The third-order valence-corrected chi connectivity index (χ3v) is 10.8. The highest BCUT2D eigenvalue weighted by Gasteiger charge is 2.72. The Bertz CT molecular complexity index is 1870. The number of rotatable bonds is 8. The second-order valence-electron chi connectivity index (χ2n) is 13.8. The number of cyclic esters (lactones) is 1. The molecule has 3 aromatic rings. The van der Waals surface area contributed by atoms with E-state index in [0.717, 1.165) is 5.56 Å². The summed E-state index contributed by atoms with van der Waals surface area (Å²) >= 11 is 6.20. The number of halogens is 1. The molecule has 12 heteroatoms. The van der Waals surface area contributed by atoms with Gasteiger partial charge in [-0.1, -0.05) is 96.6 Å². The van der Waals surface area contributed by atoms with Crippen LogP contribution in [0.2, 0.25) is 5.02 Å². The molecule has 2 fully saturated rings. The fourth-order valence-electron chi connectivity index (χ4n) is 8.21. The summed E-state index contributed by atoms with van der Waals surface area (Å²) in [7, 11) is 1.50. The highest BCUT2D eigenvalue weighted by molar-refractivity contribution is 6.30. The predicted molar refractivity (Wildman–Crippen MR) is 197 cm³/mol.